The Balaban J connectivity index is 2.11. The molecule has 1 fully saturated rings. The summed E-state index contributed by atoms with van der Waals surface area (Å²) in [7, 11) is 1.14. The van der Waals surface area contributed by atoms with Gasteiger partial charge in [0.25, 0.3) is 0 Å². The predicted octanol–water partition coefficient (Wildman–Crippen LogP) is 2.14. The lowest BCUT2D eigenvalue weighted by molar-refractivity contribution is 1.78. The van der Waals surface area contributed by atoms with Gasteiger partial charge in [-0.15, -0.1) is 15.8 Å². The molecular formula is C4H10P2. The van der Waals surface area contributed by atoms with E-state index in [9.17, 15) is 0 Å². The second kappa shape index (κ2) is 1.76. The fraction of sp³-hybridized carbons (Fsp3) is 1.00. The predicted molar refractivity (Wildman–Crippen MR) is 35.4 cm³/mol. The van der Waals surface area contributed by atoms with E-state index < -0.39 is 0 Å². The van der Waals surface area contributed by atoms with Crippen molar-refractivity contribution >= 4 is 15.8 Å². The first kappa shape index (κ1) is 5.01. The molecule has 0 aromatic rings. The minimum atomic E-state index is 0.572. The molecule has 0 bridgehead atoms. The van der Waals surface area contributed by atoms with Gasteiger partial charge in [-0.3, -0.25) is 0 Å². The standard InChI is InChI=1S/C4H10P2/c1-5-3-6(2)4-5/h3-4H2,1-2H3. The van der Waals surface area contributed by atoms with Crippen LogP contribution in [0.4, 0.5) is 0 Å². The number of hydrogen-bond donors (Lipinski definition) is 0. The van der Waals surface area contributed by atoms with Crippen LogP contribution in [0.2, 0.25) is 0 Å². The average molecular weight is 120 g/mol. The fourth-order valence-corrected chi connectivity index (χ4v) is 7.05. The van der Waals surface area contributed by atoms with Gasteiger partial charge < -0.3 is 0 Å². The minimum absolute atomic E-state index is 0.572. The maximum atomic E-state index is 2.40. The first-order valence-electron chi connectivity index (χ1n) is 2.16. The highest BCUT2D eigenvalue weighted by atomic mass is 31.2. The number of rotatable bonds is 0. The van der Waals surface area contributed by atoms with Crippen molar-refractivity contribution in [2.24, 2.45) is 0 Å². The molecule has 0 amide bonds. The first-order chi connectivity index (χ1) is 2.79. The molecule has 1 heterocycles. The number of hydrogen-bond acceptors (Lipinski definition) is 0. The second-order valence-electron chi connectivity index (χ2n) is 1.99. The SMILES string of the molecule is CP1CP(C)C1. The molecule has 1 aliphatic rings. The van der Waals surface area contributed by atoms with E-state index in [1.165, 1.54) is 0 Å². The molecule has 1 aliphatic heterocycles. The van der Waals surface area contributed by atoms with Gasteiger partial charge in [0.15, 0.2) is 0 Å². The van der Waals surface area contributed by atoms with Crippen molar-refractivity contribution in [3.05, 3.63) is 0 Å². The molecule has 0 aliphatic carbocycles. The smallest absolute Gasteiger partial charge is 0.0119 e. The summed E-state index contributed by atoms with van der Waals surface area (Å²) in [6.07, 6.45) is 0. The Bertz CT molecular complexity index is 41.5. The topological polar surface area (TPSA) is 0 Å². The van der Waals surface area contributed by atoms with E-state index >= 15 is 0 Å². The molecule has 1 rings (SSSR count). The molecule has 1 saturated heterocycles. The molecule has 36 valence electrons. The van der Waals surface area contributed by atoms with Crippen molar-refractivity contribution in [1.29, 1.82) is 0 Å². The van der Waals surface area contributed by atoms with Crippen LogP contribution in [-0.2, 0) is 0 Å². The minimum Gasteiger partial charge on any atom is -0.101 e. The van der Waals surface area contributed by atoms with Crippen LogP contribution in [0.5, 0.6) is 0 Å². The van der Waals surface area contributed by atoms with Crippen molar-refractivity contribution in [3.63, 3.8) is 0 Å². The van der Waals surface area contributed by atoms with E-state index in [4.69, 9.17) is 0 Å². The molecule has 0 N–H and O–H groups in total. The summed E-state index contributed by atoms with van der Waals surface area (Å²) < 4.78 is 0. The Morgan fingerprint density at radius 2 is 1.33 bits per heavy atom. The van der Waals surface area contributed by atoms with Crippen LogP contribution in [0.25, 0.3) is 0 Å². The van der Waals surface area contributed by atoms with Gasteiger partial charge in [0, 0.05) is 0 Å². The molecule has 0 unspecified atom stereocenters. The largest absolute Gasteiger partial charge is 0.101 e. The lowest BCUT2D eigenvalue weighted by Gasteiger charge is -2.29. The molecule has 2 heteroatoms. The van der Waals surface area contributed by atoms with Gasteiger partial charge in [-0.25, -0.2) is 0 Å². The zero-order chi connectivity index (χ0) is 4.57. The van der Waals surface area contributed by atoms with E-state index in [1.807, 2.05) is 0 Å². The van der Waals surface area contributed by atoms with Crippen LogP contribution in [-0.4, -0.2) is 25.1 Å². The van der Waals surface area contributed by atoms with E-state index in [2.05, 4.69) is 13.3 Å². The zero-order valence-corrected chi connectivity index (χ0v) is 6.10. The van der Waals surface area contributed by atoms with Gasteiger partial charge in [0.05, 0.1) is 0 Å². The summed E-state index contributed by atoms with van der Waals surface area (Å²) in [6.45, 7) is 4.80. The summed E-state index contributed by atoms with van der Waals surface area (Å²) in [5.41, 5.74) is 0. The molecule has 0 saturated carbocycles. The van der Waals surface area contributed by atoms with Crippen molar-refractivity contribution < 1.29 is 0 Å². The first-order valence-corrected chi connectivity index (χ1v) is 6.48. The van der Waals surface area contributed by atoms with E-state index in [0.29, 0.717) is 15.8 Å². The monoisotopic (exact) mass is 120 g/mol. The molecule has 0 radical (unpaired) electrons. The molecule has 0 atom stereocenters. The third-order valence-electron chi connectivity index (χ3n) is 0.966. The summed E-state index contributed by atoms with van der Waals surface area (Å²) in [5, 5.41) is 0. The highest BCUT2D eigenvalue weighted by molar-refractivity contribution is 7.89. The normalized spacial score (nSPS) is 45.0. The third-order valence-corrected chi connectivity index (χ3v) is 8.69. The Morgan fingerprint density at radius 1 is 1.00 bits per heavy atom. The van der Waals surface area contributed by atoms with Gasteiger partial charge in [-0.1, -0.05) is 0 Å². The average Bonchev–Trinajstić information content (AvgIpc) is 1.33. The summed E-state index contributed by atoms with van der Waals surface area (Å²) in [6, 6.07) is 0. The van der Waals surface area contributed by atoms with Crippen LogP contribution in [0.15, 0.2) is 0 Å². The van der Waals surface area contributed by atoms with Crippen LogP contribution >= 0.6 is 15.8 Å². The zero-order valence-electron chi connectivity index (χ0n) is 4.31. The molecule has 0 nitrogen and oxygen atoms in total. The van der Waals surface area contributed by atoms with Crippen LogP contribution in [0.3, 0.4) is 0 Å². The Labute approximate surface area is 41.8 Å². The third kappa shape index (κ3) is 0.922. The summed E-state index contributed by atoms with van der Waals surface area (Å²) >= 11 is 0. The second-order valence-corrected chi connectivity index (χ2v) is 7.68. The molecule has 0 aromatic carbocycles. The lowest BCUT2D eigenvalue weighted by Crippen LogP contribution is -1.97. The van der Waals surface area contributed by atoms with Gasteiger partial charge in [-0.05, 0) is 25.1 Å². The Kier molecular flexibility index (Phi) is 1.47. The van der Waals surface area contributed by atoms with Crippen molar-refractivity contribution in [1.82, 2.24) is 0 Å². The van der Waals surface area contributed by atoms with Gasteiger partial charge in [0.1, 0.15) is 0 Å². The summed E-state index contributed by atoms with van der Waals surface area (Å²) in [5.74, 6) is 3.20. The molecular weight excluding hydrogens is 110 g/mol. The van der Waals surface area contributed by atoms with Gasteiger partial charge in [0.2, 0.25) is 0 Å². The molecule has 0 aromatic heterocycles. The van der Waals surface area contributed by atoms with Crippen molar-refractivity contribution in [2.45, 2.75) is 0 Å². The Morgan fingerprint density at radius 3 is 1.33 bits per heavy atom. The Hall–Kier alpha value is 0.860. The van der Waals surface area contributed by atoms with E-state index in [0.717, 1.165) is 0 Å². The lowest BCUT2D eigenvalue weighted by atomic mass is 11.8. The highest BCUT2D eigenvalue weighted by Gasteiger charge is 2.18. The molecule has 6 heavy (non-hydrogen) atoms. The van der Waals surface area contributed by atoms with Crippen molar-refractivity contribution in [2.75, 3.05) is 25.1 Å². The van der Waals surface area contributed by atoms with Crippen LogP contribution < -0.4 is 0 Å². The van der Waals surface area contributed by atoms with E-state index in [1.54, 1.807) is 11.8 Å². The molecule has 0 spiro atoms. The quantitative estimate of drug-likeness (QED) is 0.429. The van der Waals surface area contributed by atoms with Gasteiger partial charge in [-0.2, -0.15) is 0 Å². The van der Waals surface area contributed by atoms with Gasteiger partial charge >= 0.3 is 0 Å². The fourth-order valence-electron chi connectivity index (χ4n) is 0.783. The van der Waals surface area contributed by atoms with Crippen LogP contribution in [0.1, 0.15) is 0 Å². The maximum absolute atomic E-state index is 2.40. The summed E-state index contributed by atoms with van der Waals surface area (Å²) in [4.78, 5) is 0. The van der Waals surface area contributed by atoms with Crippen LogP contribution in [0, 0.1) is 0 Å². The highest BCUT2D eigenvalue weighted by Crippen LogP contribution is 2.63. The van der Waals surface area contributed by atoms with E-state index in [-0.39, 0.29) is 0 Å². The maximum Gasteiger partial charge on any atom is -0.0119 e. The van der Waals surface area contributed by atoms with Crippen molar-refractivity contribution in [3.8, 4) is 0 Å².